The standard InChI is InChI=1S/C61H42N2OSi/c1-65(2)58-29-13-10-25-51(58)61(50-24-9-6-20-44(50)47-23-14-16-39-17-15-26-53(61)60(39)47)52-33-30-43(38-59(52)65)62(42-32-35-57-49(37-42)46-22-8-12-28-56(46)64-57)41-31-34-55-48(36-41)45-21-7-11-27-54(45)63(55)40-18-4-3-5-19-40/h3-38H,1-2H3. The molecule has 0 N–H and O–H groups in total. The molecule has 3 nitrogen and oxygen atoms in total. The van der Waals surface area contributed by atoms with Crippen molar-refractivity contribution >= 4 is 90.0 Å². The number of anilines is 3. The molecule has 2 aromatic heterocycles. The molecule has 0 saturated heterocycles. The van der Waals surface area contributed by atoms with Crippen molar-refractivity contribution in [1.82, 2.24) is 4.57 Å². The Labute approximate surface area is 378 Å². The molecule has 1 aliphatic heterocycles. The maximum Gasteiger partial charge on any atom is 0.135 e. The lowest BCUT2D eigenvalue weighted by Gasteiger charge is -2.50. The second-order valence-corrected chi connectivity index (χ2v) is 22.7. The van der Waals surface area contributed by atoms with Crippen LogP contribution in [0.2, 0.25) is 13.1 Å². The zero-order valence-electron chi connectivity index (χ0n) is 36.1. The zero-order chi connectivity index (χ0) is 43.0. The average Bonchev–Trinajstić information content (AvgIpc) is 3.90. The van der Waals surface area contributed by atoms with Gasteiger partial charge in [-0.05, 0) is 127 Å². The second-order valence-electron chi connectivity index (χ2n) is 18.4. The van der Waals surface area contributed by atoms with E-state index in [1.165, 1.54) is 76.3 Å². The highest BCUT2D eigenvalue weighted by atomic mass is 28.3. The van der Waals surface area contributed by atoms with Gasteiger partial charge in [-0.2, -0.15) is 0 Å². The Morgan fingerprint density at radius 1 is 0.415 bits per heavy atom. The van der Waals surface area contributed by atoms with Crippen molar-refractivity contribution in [3.05, 3.63) is 241 Å². The van der Waals surface area contributed by atoms with Gasteiger partial charge in [-0.15, -0.1) is 0 Å². The molecule has 0 saturated carbocycles. The van der Waals surface area contributed by atoms with E-state index in [0.29, 0.717) is 0 Å². The van der Waals surface area contributed by atoms with Crippen LogP contribution in [0.1, 0.15) is 22.3 Å². The minimum atomic E-state index is -2.35. The molecule has 1 spiro atoms. The molecule has 306 valence electrons. The molecule has 4 heteroatoms. The van der Waals surface area contributed by atoms with E-state index < -0.39 is 13.5 Å². The van der Waals surface area contributed by atoms with Crippen LogP contribution in [0.5, 0.6) is 0 Å². The SMILES string of the molecule is C[Si]1(C)c2ccccc2C2(c3ccccc3-c3cccc4cccc2c34)c2ccc(N(c3ccc4oc5ccccc5c4c3)c3ccc4c(c3)c3ccccc3n4-c3ccccc3)cc21. The Morgan fingerprint density at radius 3 is 1.89 bits per heavy atom. The fraction of sp³-hybridized carbons (Fsp3) is 0.0492. The first kappa shape index (κ1) is 36.5. The Balaban J connectivity index is 1.06. The quantitative estimate of drug-likeness (QED) is 0.165. The van der Waals surface area contributed by atoms with E-state index in [1.807, 2.05) is 6.07 Å². The van der Waals surface area contributed by atoms with Gasteiger partial charge >= 0.3 is 0 Å². The third kappa shape index (κ3) is 4.89. The number of para-hydroxylation sites is 3. The normalized spacial score (nSPS) is 15.7. The monoisotopic (exact) mass is 846 g/mol. The van der Waals surface area contributed by atoms with Crippen molar-refractivity contribution in [2.24, 2.45) is 0 Å². The Kier molecular flexibility index (Phi) is 7.48. The lowest BCUT2D eigenvalue weighted by Crippen LogP contribution is -2.63. The number of benzene rings is 10. The highest BCUT2D eigenvalue weighted by Crippen LogP contribution is 2.56. The third-order valence-corrected chi connectivity index (χ3v) is 18.4. The summed E-state index contributed by atoms with van der Waals surface area (Å²) in [6, 6.07) is 81.5. The van der Waals surface area contributed by atoms with Crippen LogP contribution in [0.25, 0.3) is 71.3 Å². The summed E-state index contributed by atoms with van der Waals surface area (Å²) in [4.78, 5) is 2.48. The van der Waals surface area contributed by atoms with Crippen molar-refractivity contribution in [2.45, 2.75) is 18.5 Å². The van der Waals surface area contributed by atoms with Crippen molar-refractivity contribution in [1.29, 1.82) is 0 Å². The molecule has 10 aromatic carbocycles. The van der Waals surface area contributed by atoms with Crippen molar-refractivity contribution in [3.63, 3.8) is 0 Å². The van der Waals surface area contributed by atoms with Gasteiger partial charge in [0.25, 0.3) is 0 Å². The molecule has 0 bridgehead atoms. The van der Waals surface area contributed by atoms with Crippen LogP contribution in [-0.2, 0) is 5.41 Å². The van der Waals surface area contributed by atoms with Crippen LogP contribution >= 0.6 is 0 Å². The van der Waals surface area contributed by atoms with E-state index in [9.17, 15) is 0 Å². The topological polar surface area (TPSA) is 21.3 Å². The fourth-order valence-corrected chi connectivity index (χ4v) is 15.3. The first-order valence-electron chi connectivity index (χ1n) is 22.7. The van der Waals surface area contributed by atoms with Gasteiger partial charge < -0.3 is 13.9 Å². The predicted octanol–water partition coefficient (Wildman–Crippen LogP) is 14.8. The summed E-state index contributed by atoms with van der Waals surface area (Å²) >= 11 is 0. The smallest absolute Gasteiger partial charge is 0.135 e. The molecule has 14 rings (SSSR count). The highest BCUT2D eigenvalue weighted by Gasteiger charge is 2.52. The summed E-state index contributed by atoms with van der Waals surface area (Å²) in [5.74, 6) is 0. The number of furan rings is 1. The van der Waals surface area contributed by atoms with Gasteiger partial charge in [0.1, 0.15) is 19.2 Å². The summed E-state index contributed by atoms with van der Waals surface area (Å²) in [6.07, 6.45) is 0. The van der Waals surface area contributed by atoms with Crippen LogP contribution in [0, 0.1) is 0 Å². The van der Waals surface area contributed by atoms with Crippen LogP contribution in [-0.4, -0.2) is 12.6 Å². The van der Waals surface area contributed by atoms with Gasteiger partial charge in [0.15, 0.2) is 0 Å². The lowest BCUT2D eigenvalue weighted by atomic mass is 9.59. The third-order valence-electron chi connectivity index (χ3n) is 14.8. The van der Waals surface area contributed by atoms with E-state index in [1.54, 1.807) is 0 Å². The van der Waals surface area contributed by atoms with Crippen molar-refractivity contribution in [2.75, 3.05) is 4.90 Å². The first-order chi connectivity index (χ1) is 32.0. The van der Waals surface area contributed by atoms with Crippen molar-refractivity contribution in [3.8, 4) is 16.8 Å². The van der Waals surface area contributed by atoms with E-state index in [-0.39, 0.29) is 0 Å². The molecule has 0 fully saturated rings. The minimum absolute atomic E-state index is 0.505. The molecule has 0 radical (unpaired) electrons. The summed E-state index contributed by atoms with van der Waals surface area (Å²) < 4.78 is 8.81. The van der Waals surface area contributed by atoms with Gasteiger partial charge in [0.05, 0.1) is 16.4 Å². The maximum absolute atomic E-state index is 6.41. The summed E-state index contributed by atoms with van der Waals surface area (Å²) in [7, 11) is -2.35. The van der Waals surface area contributed by atoms with Gasteiger partial charge in [-0.25, -0.2) is 0 Å². The molecule has 2 aliphatic rings. The Morgan fingerprint density at radius 2 is 1.02 bits per heavy atom. The zero-order valence-corrected chi connectivity index (χ0v) is 37.1. The van der Waals surface area contributed by atoms with Gasteiger partial charge in [-0.1, -0.05) is 159 Å². The molecular formula is C61H42N2OSi. The number of hydrogen-bond acceptors (Lipinski definition) is 2. The van der Waals surface area contributed by atoms with Gasteiger partial charge in [-0.3, -0.25) is 0 Å². The molecule has 12 aromatic rings. The average molecular weight is 847 g/mol. The predicted molar refractivity (Wildman–Crippen MR) is 274 cm³/mol. The number of aromatic nitrogens is 1. The van der Waals surface area contributed by atoms with Gasteiger partial charge in [0.2, 0.25) is 0 Å². The van der Waals surface area contributed by atoms with Gasteiger partial charge in [0, 0.05) is 44.3 Å². The van der Waals surface area contributed by atoms with E-state index in [4.69, 9.17) is 4.42 Å². The number of fused-ring (bicyclic) bond motifs is 14. The van der Waals surface area contributed by atoms with Crippen LogP contribution < -0.4 is 15.3 Å². The number of hydrogen-bond donors (Lipinski definition) is 0. The number of nitrogens with zero attached hydrogens (tertiary/aromatic N) is 2. The highest BCUT2D eigenvalue weighted by molar-refractivity contribution is 7.01. The second kappa shape index (κ2) is 13.3. The lowest BCUT2D eigenvalue weighted by molar-refractivity contribution is 0.669. The maximum atomic E-state index is 6.41. The molecular weight excluding hydrogens is 805 g/mol. The van der Waals surface area contributed by atoms with Crippen LogP contribution in [0.4, 0.5) is 17.1 Å². The Hall–Kier alpha value is -7.92. The molecule has 1 unspecified atom stereocenters. The molecule has 0 amide bonds. The van der Waals surface area contributed by atoms with Crippen LogP contribution in [0.15, 0.2) is 223 Å². The number of rotatable bonds is 4. The molecule has 65 heavy (non-hydrogen) atoms. The van der Waals surface area contributed by atoms with E-state index in [0.717, 1.165) is 44.7 Å². The van der Waals surface area contributed by atoms with E-state index >= 15 is 0 Å². The molecule has 1 aliphatic carbocycles. The summed E-state index contributed by atoms with van der Waals surface area (Å²) in [6.45, 7) is 5.12. The fourth-order valence-electron chi connectivity index (χ4n) is 12.1. The summed E-state index contributed by atoms with van der Waals surface area (Å²) in [5.41, 5.74) is 16.3. The Bertz CT molecular complexity index is 3950. The van der Waals surface area contributed by atoms with E-state index in [2.05, 4.69) is 235 Å². The molecule has 1 atom stereocenters. The molecule has 3 heterocycles. The minimum Gasteiger partial charge on any atom is -0.456 e. The first-order valence-corrected chi connectivity index (χ1v) is 25.7. The van der Waals surface area contributed by atoms with Crippen molar-refractivity contribution < 1.29 is 4.42 Å². The summed E-state index contributed by atoms with van der Waals surface area (Å²) in [5, 5.41) is 10.3. The van der Waals surface area contributed by atoms with Crippen LogP contribution in [0.3, 0.4) is 0 Å². The largest absolute Gasteiger partial charge is 0.456 e.